The van der Waals surface area contributed by atoms with Gasteiger partial charge in [0.05, 0.1) is 27.9 Å². The Morgan fingerprint density at radius 2 is 1.57 bits per heavy atom. The summed E-state index contributed by atoms with van der Waals surface area (Å²) in [6.07, 6.45) is 7.43. The lowest BCUT2D eigenvalue weighted by Gasteiger charge is -2.34. The molecule has 8 aromatic rings. The number of fused-ring (bicyclic) bond motifs is 3. The fraction of sp³-hybridized carbons (Fsp3) is 0.0312. The SMILES string of the molecule is c1c[nH]c(C2=C(c3cc4ncccc4[nH]3)N(c3n[nH]c4ccccc34)N(c3cc4ccccc4[nH]3)C2c2ncc[nH]2)c1. The summed E-state index contributed by atoms with van der Waals surface area (Å²) in [5.41, 5.74) is 7.69. The van der Waals surface area contributed by atoms with Crippen LogP contribution in [-0.2, 0) is 0 Å². The van der Waals surface area contributed by atoms with Crippen LogP contribution in [0.2, 0.25) is 0 Å². The van der Waals surface area contributed by atoms with Crippen LogP contribution in [0.4, 0.5) is 11.6 Å². The topological polar surface area (TPSA) is 124 Å². The van der Waals surface area contributed by atoms with Gasteiger partial charge in [0, 0.05) is 52.3 Å². The lowest BCUT2D eigenvalue weighted by molar-refractivity contribution is 0.730. The minimum Gasteiger partial charge on any atom is -0.361 e. The molecule has 1 aliphatic heterocycles. The van der Waals surface area contributed by atoms with Gasteiger partial charge in [-0.1, -0.05) is 30.3 Å². The van der Waals surface area contributed by atoms with Crippen LogP contribution < -0.4 is 10.0 Å². The summed E-state index contributed by atoms with van der Waals surface area (Å²) in [4.78, 5) is 23.7. The molecule has 9 rings (SSSR count). The minimum atomic E-state index is -0.337. The maximum atomic E-state index is 4.91. The number of aromatic amines is 5. The highest BCUT2D eigenvalue weighted by Crippen LogP contribution is 2.52. The summed E-state index contributed by atoms with van der Waals surface area (Å²) in [5, 5.41) is 14.7. The van der Waals surface area contributed by atoms with Crippen molar-refractivity contribution in [1.29, 1.82) is 0 Å². The molecule has 2 aromatic carbocycles. The van der Waals surface area contributed by atoms with E-state index in [-0.39, 0.29) is 6.04 Å². The minimum absolute atomic E-state index is 0.337. The molecule has 6 aromatic heterocycles. The van der Waals surface area contributed by atoms with Crippen molar-refractivity contribution in [2.75, 3.05) is 10.0 Å². The molecule has 7 heterocycles. The highest BCUT2D eigenvalue weighted by atomic mass is 15.7. The second-order valence-corrected chi connectivity index (χ2v) is 10.3. The van der Waals surface area contributed by atoms with Crippen LogP contribution in [-0.4, -0.2) is 40.1 Å². The van der Waals surface area contributed by atoms with Crippen molar-refractivity contribution in [2.24, 2.45) is 0 Å². The zero-order chi connectivity index (χ0) is 27.6. The Labute approximate surface area is 238 Å². The average molecular weight is 549 g/mol. The van der Waals surface area contributed by atoms with Crippen molar-refractivity contribution in [3.63, 3.8) is 0 Å². The molecule has 5 N–H and O–H groups in total. The molecule has 0 fully saturated rings. The first-order valence-electron chi connectivity index (χ1n) is 13.7. The number of hydrogen-bond acceptors (Lipinski definition) is 5. The number of nitrogens with zero attached hydrogens (tertiary/aromatic N) is 5. The Kier molecular flexibility index (Phi) is 4.73. The number of hydrazine groups is 1. The quantitative estimate of drug-likeness (QED) is 0.167. The summed E-state index contributed by atoms with van der Waals surface area (Å²) < 4.78 is 0. The van der Waals surface area contributed by atoms with Gasteiger partial charge in [-0.25, -0.2) is 15.0 Å². The Bertz CT molecular complexity index is 2160. The van der Waals surface area contributed by atoms with E-state index >= 15 is 0 Å². The Morgan fingerprint density at radius 3 is 2.40 bits per heavy atom. The van der Waals surface area contributed by atoms with Crippen molar-refractivity contribution >= 4 is 55.7 Å². The van der Waals surface area contributed by atoms with Gasteiger partial charge in [0.2, 0.25) is 0 Å². The van der Waals surface area contributed by atoms with Crippen molar-refractivity contribution in [3.05, 3.63) is 127 Å². The van der Waals surface area contributed by atoms with Gasteiger partial charge >= 0.3 is 0 Å². The van der Waals surface area contributed by atoms with Crippen LogP contribution in [0.15, 0.2) is 110 Å². The van der Waals surface area contributed by atoms with Crippen LogP contribution in [0, 0.1) is 0 Å². The Hall–Kier alpha value is -6.03. The fourth-order valence-electron chi connectivity index (χ4n) is 6.13. The largest absolute Gasteiger partial charge is 0.361 e. The normalized spacial score (nSPS) is 15.7. The van der Waals surface area contributed by atoms with Crippen LogP contribution in [0.5, 0.6) is 0 Å². The zero-order valence-corrected chi connectivity index (χ0v) is 22.2. The van der Waals surface area contributed by atoms with Gasteiger partial charge in [-0.15, -0.1) is 0 Å². The van der Waals surface area contributed by atoms with Gasteiger partial charge in [0.15, 0.2) is 5.82 Å². The predicted molar refractivity (Wildman–Crippen MR) is 164 cm³/mol. The number of pyridine rings is 1. The standard InChI is InChI=1S/C32H24N10/c1-3-9-21-19(7-1)17-27(38-21)41-30(31-35-15-16-36-31)28(24-12-6-13-33-24)29(26-18-25-23(37-26)11-5-14-34-25)42(41)32-20-8-2-4-10-22(20)39-40-32/h1-18,30,33,37-38H,(H,35,36)(H,39,40). The molecular weight excluding hydrogens is 524 g/mol. The summed E-state index contributed by atoms with van der Waals surface area (Å²) in [5.74, 6) is 2.47. The van der Waals surface area contributed by atoms with E-state index in [2.05, 4.69) is 82.5 Å². The van der Waals surface area contributed by atoms with E-state index < -0.39 is 0 Å². The molecule has 42 heavy (non-hydrogen) atoms. The van der Waals surface area contributed by atoms with Gasteiger partial charge in [-0.2, -0.15) is 5.10 Å². The van der Waals surface area contributed by atoms with E-state index in [1.165, 1.54) is 0 Å². The third kappa shape index (κ3) is 3.29. The monoisotopic (exact) mass is 548 g/mol. The molecule has 0 saturated heterocycles. The molecule has 0 bridgehead atoms. The number of anilines is 2. The van der Waals surface area contributed by atoms with Crippen LogP contribution >= 0.6 is 0 Å². The summed E-state index contributed by atoms with van der Waals surface area (Å²) >= 11 is 0. The third-order valence-corrected chi connectivity index (χ3v) is 7.92. The molecule has 1 atom stereocenters. The van der Waals surface area contributed by atoms with Gasteiger partial charge in [0.25, 0.3) is 0 Å². The molecule has 0 radical (unpaired) electrons. The third-order valence-electron chi connectivity index (χ3n) is 7.92. The number of imidazole rings is 1. The lowest BCUT2D eigenvalue weighted by Crippen LogP contribution is -2.40. The van der Waals surface area contributed by atoms with Gasteiger partial charge in [-0.3, -0.25) is 10.1 Å². The predicted octanol–water partition coefficient (Wildman–Crippen LogP) is 6.52. The number of benzene rings is 2. The molecule has 10 nitrogen and oxygen atoms in total. The molecule has 202 valence electrons. The number of hydrogen-bond donors (Lipinski definition) is 5. The molecule has 0 spiro atoms. The van der Waals surface area contributed by atoms with E-state index in [1.54, 1.807) is 6.20 Å². The van der Waals surface area contributed by atoms with Crippen LogP contribution in [0.1, 0.15) is 23.3 Å². The molecule has 0 saturated carbocycles. The number of H-pyrrole nitrogens is 5. The van der Waals surface area contributed by atoms with Crippen LogP contribution in [0.25, 0.3) is 44.1 Å². The highest BCUT2D eigenvalue weighted by Gasteiger charge is 2.46. The second kappa shape index (κ2) is 8.73. The van der Waals surface area contributed by atoms with Crippen molar-refractivity contribution in [3.8, 4) is 0 Å². The van der Waals surface area contributed by atoms with Gasteiger partial charge in [0.1, 0.15) is 17.7 Å². The van der Waals surface area contributed by atoms with Crippen molar-refractivity contribution in [2.45, 2.75) is 6.04 Å². The lowest BCUT2D eigenvalue weighted by atomic mass is 10.0. The number of para-hydroxylation sites is 2. The molecule has 0 aliphatic carbocycles. The molecule has 1 aliphatic rings. The average Bonchev–Trinajstić information content (AvgIpc) is 3.86. The van der Waals surface area contributed by atoms with E-state index in [0.717, 1.165) is 73.0 Å². The summed E-state index contributed by atoms with van der Waals surface area (Å²) in [6, 6.07) is 28.5. The Morgan fingerprint density at radius 1 is 0.690 bits per heavy atom. The maximum absolute atomic E-state index is 4.91. The first-order chi connectivity index (χ1) is 20.8. The number of nitrogens with one attached hydrogen (secondary N) is 5. The number of rotatable bonds is 5. The van der Waals surface area contributed by atoms with E-state index in [0.29, 0.717) is 0 Å². The molecule has 1 unspecified atom stereocenters. The van der Waals surface area contributed by atoms with Gasteiger partial charge < -0.3 is 19.9 Å². The number of aromatic nitrogens is 8. The second-order valence-electron chi connectivity index (χ2n) is 10.3. The highest BCUT2D eigenvalue weighted by molar-refractivity contribution is 6.08. The van der Waals surface area contributed by atoms with E-state index in [4.69, 9.17) is 10.1 Å². The maximum Gasteiger partial charge on any atom is 0.181 e. The summed E-state index contributed by atoms with van der Waals surface area (Å²) in [7, 11) is 0. The van der Waals surface area contributed by atoms with Crippen LogP contribution in [0.3, 0.4) is 0 Å². The zero-order valence-electron chi connectivity index (χ0n) is 22.2. The smallest absolute Gasteiger partial charge is 0.181 e. The Balaban J connectivity index is 1.41. The fourth-order valence-corrected chi connectivity index (χ4v) is 6.13. The molecule has 0 amide bonds. The first-order valence-corrected chi connectivity index (χ1v) is 13.7. The molecule has 10 heteroatoms. The molecular formula is C32H24N10. The van der Waals surface area contributed by atoms with Gasteiger partial charge in [-0.05, 0) is 54.6 Å². The van der Waals surface area contributed by atoms with Crippen molar-refractivity contribution in [1.82, 2.24) is 40.1 Å². The van der Waals surface area contributed by atoms with E-state index in [9.17, 15) is 0 Å². The van der Waals surface area contributed by atoms with Crippen molar-refractivity contribution < 1.29 is 0 Å². The first kappa shape index (κ1) is 22.8. The summed E-state index contributed by atoms with van der Waals surface area (Å²) in [6.45, 7) is 0. The van der Waals surface area contributed by atoms with E-state index in [1.807, 2.05) is 61.1 Å².